The molecule has 21 heavy (non-hydrogen) atoms. The van der Waals surface area contributed by atoms with Crippen molar-refractivity contribution in [2.24, 2.45) is 15.4 Å². The Kier molecular flexibility index (Phi) is 5.20. The summed E-state index contributed by atoms with van der Waals surface area (Å²) < 4.78 is 11.9. The summed E-state index contributed by atoms with van der Waals surface area (Å²) in [5, 5.41) is 0. The molecule has 1 aliphatic heterocycles. The minimum absolute atomic E-state index is 0.171. The van der Waals surface area contributed by atoms with Crippen LogP contribution in [0.2, 0.25) is 39.3 Å². The fourth-order valence-electron chi connectivity index (χ4n) is 2.09. The number of hydrogen-bond donors (Lipinski definition) is 0. The van der Waals surface area contributed by atoms with E-state index >= 15 is 0 Å². The van der Waals surface area contributed by atoms with Gasteiger partial charge in [-0.25, -0.2) is 0 Å². The molecule has 7 heteroatoms. The molecule has 0 atom stereocenters. The summed E-state index contributed by atoms with van der Waals surface area (Å²) in [6.07, 6.45) is 1.27. The van der Waals surface area contributed by atoms with Gasteiger partial charge in [-0.1, -0.05) is 13.8 Å². The van der Waals surface area contributed by atoms with Crippen LogP contribution in [0.25, 0.3) is 0 Å². The molecule has 0 saturated heterocycles. The van der Waals surface area contributed by atoms with Crippen molar-refractivity contribution in [2.75, 3.05) is 0 Å². The second-order valence-corrected chi connectivity index (χ2v) is 16.2. The number of rotatable bonds is 4. The molecule has 0 aliphatic carbocycles. The van der Waals surface area contributed by atoms with Gasteiger partial charge < -0.3 is 8.85 Å². The van der Waals surface area contributed by atoms with Gasteiger partial charge in [-0.05, 0) is 52.1 Å². The highest BCUT2D eigenvalue weighted by Crippen LogP contribution is 2.35. The fourth-order valence-corrected chi connectivity index (χ4v) is 3.55. The minimum atomic E-state index is -1.87. The van der Waals surface area contributed by atoms with E-state index in [2.05, 4.69) is 29.6 Å². The second-order valence-electron chi connectivity index (χ2n) is 7.33. The lowest BCUT2D eigenvalue weighted by Crippen LogP contribution is -2.47. The SMILES string of the molecule is CCC1(CC)C(=O)N=C(O[Si](C)(C)C)N=C1O[Si](C)(C)C. The molecule has 0 aromatic carbocycles. The molecule has 0 fully saturated rings. The number of carbonyl (C=O) groups is 1. The number of aliphatic imine (C=N–C) groups is 2. The lowest BCUT2D eigenvalue weighted by Gasteiger charge is -2.35. The van der Waals surface area contributed by atoms with E-state index in [9.17, 15) is 4.79 Å². The van der Waals surface area contributed by atoms with Crippen molar-refractivity contribution in [2.45, 2.75) is 66.0 Å². The lowest BCUT2D eigenvalue weighted by atomic mass is 9.80. The Morgan fingerprint density at radius 2 is 1.38 bits per heavy atom. The Morgan fingerprint density at radius 3 is 1.76 bits per heavy atom. The Morgan fingerprint density at radius 1 is 0.905 bits per heavy atom. The average Bonchev–Trinajstić information content (AvgIpc) is 2.25. The molecule has 1 aliphatic rings. The highest BCUT2D eigenvalue weighted by Gasteiger charge is 2.46. The number of amides is 1. The molecule has 1 amide bonds. The third-order valence-electron chi connectivity index (χ3n) is 3.22. The summed E-state index contributed by atoms with van der Waals surface area (Å²) in [7, 11) is -3.73. The first-order valence-corrected chi connectivity index (χ1v) is 14.4. The third kappa shape index (κ3) is 4.50. The van der Waals surface area contributed by atoms with Crippen molar-refractivity contribution in [3.05, 3.63) is 0 Å². The molecule has 0 aromatic rings. The highest BCUT2D eigenvalue weighted by molar-refractivity contribution is 6.72. The maximum absolute atomic E-state index is 12.6. The van der Waals surface area contributed by atoms with Gasteiger partial charge in [-0.15, -0.1) is 0 Å². The molecule has 1 heterocycles. The van der Waals surface area contributed by atoms with E-state index in [0.29, 0.717) is 18.7 Å². The van der Waals surface area contributed by atoms with Crippen LogP contribution in [-0.2, 0) is 13.6 Å². The van der Waals surface area contributed by atoms with E-state index in [0.717, 1.165) is 0 Å². The van der Waals surface area contributed by atoms with Crippen molar-refractivity contribution < 1.29 is 13.6 Å². The van der Waals surface area contributed by atoms with E-state index in [-0.39, 0.29) is 11.9 Å². The van der Waals surface area contributed by atoms with Gasteiger partial charge in [0.1, 0.15) is 5.41 Å². The van der Waals surface area contributed by atoms with Gasteiger partial charge in [-0.2, -0.15) is 9.98 Å². The number of carbonyl (C=O) groups excluding carboxylic acids is 1. The second kappa shape index (κ2) is 6.04. The van der Waals surface area contributed by atoms with Crippen LogP contribution in [0.4, 0.5) is 0 Å². The Labute approximate surface area is 130 Å². The molecule has 0 N–H and O–H groups in total. The predicted octanol–water partition coefficient (Wildman–Crippen LogP) is 3.79. The summed E-state index contributed by atoms with van der Waals surface area (Å²) in [5.74, 6) is 0.309. The van der Waals surface area contributed by atoms with Crippen LogP contribution in [0.3, 0.4) is 0 Å². The molecule has 1 rings (SSSR count). The van der Waals surface area contributed by atoms with Crippen LogP contribution in [0, 0.1) is 5.41 Å². The zero-order valence-corrected chi connectivity index (χ0v) is 16.5. The molecule has 0 saturated carbocycles. The molecule has 0 aromatic heterocycles. The molecular weight excluding hydrogens is 300 g/mol. The summed E-state index contributed by atoms with van der Waals surface area (Å²) in [4.78, 5) is 21.1. The highest BCUT2D eigenvalue weighted by atomic mass is 28.4. The number of hydrogen-bond acceptors (Lipinski definition) is 4. The van der Waals surface area contributed by atoms with Crippen molar-refractivity contribution in [3.63, 3.8) is 0 Å². The largest absolute Gasteiger partial charge is 0.534 e. The number of nitrogens with zero attached hydrogens (tertiary/aromatic N) is 2. The van der Waals surface area contributed by atoms with Gasteiger partial charge in [0.2, 0.25) is 16.6 Å². The smallest absolute Gasteiger partial charge is 0.308 e. The molecule has 0 bridgehead atoms. The summed E-state index contributed by atoms with van der Waals surface area (Å²) in [6.45, 7) is 16.3. The first-order chi connectivity index (χ1) is 9.43. The van der Waals surface area contributed by atoms with Gasteiger partial charge in [0.15, 0.2) is 5.90 Å². The van der Waals surface area contributed by atoms with Gasteiger partial charge in [-0.3, -0.25) is 4.79 Å². The quantitative estimate of drug-likeness (QED) is 0.738. The molecule has 0 unspecified atom stereocenters. The van der Waals surface area contributed by atoms with Crippen LogP contribution in [0.15, 0.2) is 9.98 Å². The molecule has 120 valence electrons. The van der Waals surface area contributed by atoms with Crippen LogP contribution < -0.4 is 0 Å². The maximum Gasteiger partial charge on any atom is 0.308 e. The molecular formula is C14H28N2O3Si2. The molecule has 5 nitrogen and oxygen atoms in total. The topological polar surface area (TPSA) is 60.2 Å². The van der Waals surface area contributed by atoms with Gasteiger partial charge in [0, 0.05) is 0 Å². The Balaban J connectivity index is 3.24. The fraction of sp³-hybridized carbons (Fsp3) is 0.786. The van der Waals surface area contributed by atoms with E-state index in [1.165, 1.54) is 0 Å². The van der Waals surface area contributed by atoms with Crippen molar-refractivity contribution in [1.82, 2.24) is 0 Å². The van der Waals surface area contributed by atoms with Crippen molar-refractivity contribution in [3.8, 4) is 0 Å². The van der Waals surface area contributed by atoms with E-state index in [1.54, 1.807) is 0 Å². The van der Waals surface area contributed by atoms with Crippen molar-refractivity contribution in [1.29, 1.82) is 0 Å². The predicted molar refractivity (Wildman–Crippen MR) is 91.8 cm³/mol. The van der Waals surface area contributed by atoms with Gasteiger partial charge in [0.25, 0.3) is 5.91 Å². The zero-order valence-electron chi connectivity index (χ0n) is 14.5. The average molecular weight is 329 g/mol. The van der Waals surface area contributed by atoms with E-state index in [1.807, 2.05) is 33.5 Å². The minimum Gasteiger partial charge on any atom is -0.534 e. The summed E-state index contributed by atoms with van der Waals surface area (Å²) in [6, 6.07) is 0.171. The van der Waals surface area contributed by atoms with Crippen LogP contribution >= 0.6 is 0 Å². The summed E-state index contributed by atoms with van der Waals surface area (Å²) >= 11 is 0. The third-order valence-corrected chi connectivity index (χ3v) is 4.82. The monoisotopic (exact) mass is 328 g/mol. The van der Waals surface area contributed by atoms with Gasteiger partial charge >= 0.3 is 6.02 Å². The van der Waals surface area contributed by atoms with Crippen molar-refractivity contribution >= 4 is 34.5 Å². The summed E-state index contributed by atoms with van der Waals surface area (Å²) in [5.41, 5.74) is -0.730. The standard InChI is InChI=1S/C14H28N2O3Si2/c1-9-14(10-2)11(17)15-13(19-21(6,7)8)16-12(14)18-20(3,4)5/h9-10H2,1-8H3. The van der Waals surface area contributed by atoms with Crippen LogP contribution in [-0.4, -0.2) is 34.5 Å². The maximum atomic E-state index is 12.6. The normalized spacial score (nSPS) is 19.0. The lowest BCUT2D eigenvalue weighted by molar-refractivity contribution is -0.125. The Hall–Kier alpha value is -0.956. The first-order valence-electron chi connectivity index (χ1n) is 7.54. The van der Waals surface area contributed by atoms with Crippen LogP contribution in [0.5, 0.6) is 0 Å². The zero-order chi connectivity index (χ0) is 16.5. The van der Waals surface area contributed by atoms with Crippen LogP contribution in [0.1, 0.15) is 26.7 Å². The Bertz CT molecular complexity index is 470. The first kappa shape index (κ1) is 18.1. The van der Waals surface area contributed by atoms with Gasteiger partial charge in [0.05, 0.1) is 0 Å². The molecule has 0 spiro atoms. The van der Waals surface area contributed by atoms with E-state index in [4.69, 9.17) is 8.85 Å². The number of amidine groups is 1. The van der Waals surface area contributed by atoms with E-state index < -0.39 is 22.0 Å². The molecule has 0 radical (unpaired) electrons.